The summed E-state index contributed by atoms with van der Waals surface area (Å²) in [6.07, 6.45) is 0.716. The van der Waals surface area contributed by atoms with E-state index in [0.29, 0.717) is 31.1 Å². The summed E-state index contributed by atoms with van der Waals surface area (Å²) in [5.41, 5.74) is 1.86. The molecule has 3 aromatic rings. The molecule has 7 heteroatoms. The number of carbonyl (C=O) groups excluding carboxylic acids is 1. The summed E-state index contributed by atoms with van der Waals surface area (Å²) in [4.78, 5) is 18.9. The van der Waals surface area contributed by atoms with Gasteiger partial charge in [0, 0.05) is 6.54 Å². The second kappa shape index (κ2) is 9.71. The summed E-state index contributed by atoms with van der Waals surface area (Å²) in [6, 6.07) is 9.92. The first-order chi connectivity index (χ1) is 13.6. The smallest absolute Gasteiger partial charge is 0.263 e. The van der Waals surface area contributed by atoms with Crippen molar-refractivity contribution in [3.8, 4) is 21.4 Å². The van der Waals surface area contributed by atoms with Crippen molar-refractivity contribution in [2.45, 2.75) is 27.2 Å². The minimum absolute atomic E-state index is 0.0752. The molecule has 0 saturated carbocycles. The summed E-state index contributed by atoms with van der Waals surface area (Å²) >= 11 is 3.07. The van der Waals surface area contributed by atoms with E-state index in [1.807, 2.05) is 56.5 Å². The minimum Gasteiger partial charge on any atom is -0.490 e. The van der Waals surface area contributed by atoms with E-state index >= 15 is 0 Å². The van der Waals surface area contributed by atoms with Crippen LogP contribution in [0.4, 0.5) is 0 Å². The molecule has 0 radical (unpaired) electrons. The van der Waals surface area contributed by atoms with Crippen LogP contribution >= 0.6 is 22.7 Å². The molecule has 28 heavy (non-hydrogen) atoms. The highest BCUT2D eigenvalue weighted by molar-refractivity contribution is 7.22. The van der Waals surface area contributed by atoms with Gasteiger partial charge in [0.15, 0.2) is 11.5 Å². The van der Waals surface area contributed by atoms with Gasteiger partial charge in [-0.05, 0) is 56.3 Å². The van der Waals surface area contributed by atoms with Crippen LogP contribution in [0.25, 0.3) is 9.88 Å². The molecule has 0 aliphatic rings. The van der Waals surface area contributed by atoms with E-state index in [2.05, 4.69) is 10.3 Å². The fraction of sp³-hybridized carbons (Fsp3) is 0.333. The zero-order valence-electron chi connectivity index (χ0n) is 16.3. The van der Waals surface area contributed by atoms with Gasteiger partial charge >= 0.3 is 0 Å². The van der Waals surface area contributed by atoms with Crippen molar-refractivity contribution in [1.29, 1.82) is 0 Å². The van der Waals surface area contributed by atoms with Gasteiger partial charge in [-0.1, -0.05) is 12.1 Å². The van der Waals surface area contributed by atoms with E-state index in [0.717, 1.165) is 32.6 Å². The lowest BCUT2D eigenvalue weighted by atomic mass is 10.1. The topological polar surface area (TPSA) is 60.5 Å². The number of thiophene rings is 1. The maximum absolute atomic E-state index is 12.6. The van der Waals surface area contributed by atoms with Crippen LogP contribution in [-0.4, -0.2) is 30.6 Å². The third-order valence-electron chi connectivity index (χ3n) is 4.04. The normalized spacial score (nSPS) is 10.7. The Kier molecular flexibility index (Phi) is 7.06. The van der Waals surface area contributed by atoms with Gasteiger partial charge in [-0.15, -0.1) is 22.7 Å². The Morgan fingerprint density at radius 2 is 1.93 bits per heavy atom. The number of carbonyl (C=O) groups is 1. The van der Waals surface area contributed by atoms with Crippen molar-refractivity contribution < 1.29 is 14.3 Å². The first-order valence-corrected chi connectivity index (χ1v) is 11.0. The Hall–Kier alpha value is -2.38. The van der Waals surface area contributed by atoms with Gasteiger partial charge in [-0.25, -0.2) is 4.98 Å². The van der Waals surface area contributed by atoms with Crippen LogP contribution in [0.3, 0.4) is 0 Å². The van der Waals surface area contributed by atoms with E-state index in [9.17, 15) is 4.79 Å². The number of amides is 1. The summed E-state index contributed by atoms with van der Waals surface area (Å²) in [5.74, 6) is 1.42. The first-order valence-electron chi connectivity index (χ1n) is 9.30. The number of nitrogens with one attached hydrogen (secondary N) is 1. The van der Waals surface area contributed by atoms with Crippen LogP contribution in [0.2, 0.25) is 0 Å². The van der Waals surface area contributed by atoms with Gasteiger partial charge in [0.1, 0.15) is 9.88 Å². The van der Waals surface area contributed by atoms with Crippen molar-refractivity contribution in [3.05, 3.63) is 51.8 Å². The molecule has 0 aliphatic carbocycles. The zero-order chi connectivity index (χ0) is 19.9. The molecule has 5 nitrogen and oxygen atoms in total. The molecule has 1 aromatic carbocycles. The predicted octanol–water partition coefficient (Wildman–Crippen LogP) is 4.95. The maximum Gasteiger partial charge on any atom is 0.263 e. The van der Waals surface area contributed by atoms with Gasteiger partial charge in [-0.2, -0.15) is 0 Å². The quantitative estimate of drug-likeness (QED) is 0.536. The van der Waals surface area contributed by atoms with Gasteiger partial charge in [0.05, 0.1) is 23.8 Å². The third-order valence-corrected chi connectivity index (χ3v) is 6.24. The summed E-state index contributed by atoms with van der Waals surface area (Å²) in [7, 11) is 0. The largest absolute Gasteiger partial charge is 0.490 e. The predicted molar refractivity (Wildman–Crippen MR) is 115 cm³/mol. The van der Waals surface area contributed by atoms with E-state index in [1.165, 1.54) is 11.3 Å². The van der Waals surface area contributed by atoms with Gasteiger partial charge < -0.3 is 14.8 Å². The zero-order valence-corrected chi connectivity index (χ0v) is 17.9. The second-order valence-corrected chi connectivity index (χ2v) is 8.01. The van der Waals surface area contributed by atoms with Crippen molar-refractivity contribution in [2.24, 2.45) is 0 Å². The average molecular weight is 417 g/mol. The van der Waals surface area contributed by atoms with Gasteiger partial charge in [0.25, 0.3) is 5.91 Å². The fourth-order valence-electron chi connectivity index (χ4n) is 2.76. The highest BCUT2D eigenvalue weighted by Gasteiger charge is 2.16. The van der Waals surface area contributed by atoms with E-state index in [4.69, 9.17) is 9.47 Å². The van der Waals surface area contributed by atoms with Crippen LogP contribution in [-0.2, 0) is 6.42 Å². The van der Waals surface area contributed by atoms with Crippen LogP contribution in [0, 0.1) is 6.92 Å². The molecule has 3 rings (SSSR count). The van der Waals surface area contributed by atoms with Gasteiger partial charge in [-0.3, -0.25) is 4.79 Å². The molecule has 0 spiro atoms. The molecule has 148 valence electrons. The number of nitrogens with zero attached hydrogens (tertiary/aromatic N) is 1. The molecular weight excluding hydrogens is 392 g/mol. The Bertz CT molecular complexity index is 920. The van der Waals surface area contributed by atoms with Crippen molar-refractivity contribution in [3.63, 3.8) is 0 Å². The van der Waals surface area contributed by atoms with Gasteiger partial charge in [0.2, 0.25) is 0 Å². The average Bonchev–Trinajstić information content (AvgIpc) is 3.33. The van der Waals surface area contributed by atoms with E-state index in [1.54, 1.807) is 11.3 Å². The fourth-order valence-corrected chi connectivity index (χ4v) is 4.54. The highest BCUT2D eigenvalue weighted by Crippen LogP contribution is 2.31. The molecule has 2 heterocycles. The molecule has 1 amide bonds. The molecule has 0 fully saturated rings. The molecule has 0 atom stereocenters. The standard InChI is InChI=1S/C21H24N2O3S2/c1-4-25-16-9-8-15(13-17(16)26-5-2)10-11-22-20(24)19-14(3)23-21(28-19)18-7-6-12-27-18/h6-9,12-13H,4-5,10-11H2,1-3H3,(H,22,24). The number of ether oxygens (including phenoxy) is 2. The van der Waals surface area contributed by atoms with Crippen LogP contribution < -0.4 is 14.8 Å². The number of thiazole rings is 1. The second-order valence-electron chi connectivity index (χ2n) is 6.06. The molecule has 2 aromatic heterocycles. The summed E-state index contributed by atoms with van der Waals surface area (Å²) in [6.45, 7) is 7.50. The van der Waals surface area contributed by atoms with Crippen LogP contribution in [0.15, 0.2) is 35.7 Å². The Labute approximate surface area is 173 Å². The highest BCUT2D eigenvalue weighted by atomic mass is 32.1. The molecule has 0 unspecified atom stereocenters. The summed E-state index contributed by atoms with van der Waals surface area (Å²) in [5, 5.41) is 5.91. The Morgan fingerprint density at radius 3 is 2.64 bits per heavy atom. The Morgan fingerprint density at radius 1 is 1.14 bits per heavy atom. The number of aryl methyl sites for hydroxylation is 1. The lowest BCUT2D eigenvalue weighted by Crippen LogP contribution is -2.25. The van der Waals surface area contributed by atoms with Crippen molar-refractivity contribution in [2.75, 3.05) is 19.8 Å². The van der Waals surface area contributed by atoms with E-state index in [-0.39, 0.29) is 5.91 Å². The molecular formula is C21H24N2O3S2. The number of aromatic nitrogens is 1. The molecule has 0 bridgehead atoms. The van der Waals surface area contributed by atoms with E-state index < -0.39 is 0 Å². The number of hydrogen-bond donors (Lipinski definition) is 1. The monoisotopic (exact) mass is 416 g/mol. The summed E-state index contributed by atoms with van der Waals surface area (Å²) < 4.78 is 11.3. The number of rotatable bonds is 9. The maximum atomic E-state index is 12.6. The molecule has 1 N–H and O–H groups in total. The van der Waals surface area contributed by atoms with Crippen LogP contribution in [0.5, 0.6) is 11.5 Å². The van der Waals surface area contributed by atoms with Crippen molar-refractivity contribution in [1.82, 2.24) is 10.3 Å². The molecule has 0 saturated heterocycles. The lowest BCUT2D eigenvalue weighted by Gasteiger charge is -2.12. The molecule has 0 aliphatic heterocycles. The van der Waals surface area contributed by atoms with Crippen molar-refractivity contribution >= 4 is 28.6 Å². The number of benzene rings is 1. The minimum atomic E-state index is -0.0752. The lowest BCUT2D eigenvalue weighted by molar-refractivity contribution is 0.0957. The Balaban J connectivity index is 1.60. The van der Waals surface area contributed by atoms with Crippen LogP contribution in [0.1, 0.15) is 34.8 Å². The SMILES string of the molecule is CCOc1ccc(CCNC(=O)c2sc(-c3cccs3)nc2C)cc1OCC. The third kappa shape index (κ3) is 4.91. The number of hydrogen-bond acceptors (Lipinski definition) is 6. The first kappa shape index (κ1) is 20.4.